The molecule has 2 unspecified atom stereocenters. The van der Waals surface area contributed by atoms with Gasteiger partial charge in [0.1, 0.15) is 11.6 Å². The van der Waals surface area contributed by atoms with E-state index in [9.17, 15) is 9.50 Å². The van der Waals surface area contributed by atoms with Crippen molar-refractivity contribution in [2.75, 3.05) is 20.2 Å². The highest BCUT2D eigenvalue weighted by molar-refractivity contribution is 5.35. The molecule has 100 valence electrons. The number of aromatic hydroxyl groups is 1. The van der Waals surface area contributed by atoms with Crippen LogP contribution in [0.2, 0.25) is 0 Å². The molecule has 0 aromatic heterocycles. The van der Waals surface area contributed by atoms with Crippen molar-refractivity contribution in [2.24, 2.45) is 0 Å². The number of rotatable bonds is 3. The number of phenolic OH excluding ortho intramolecular Hbond substituents is 1. The summed E-state index contributed by atoms with van der Waals surface area (Å²) in [5.74, 6) is -0.154. The van der Waals surface area contributed by atoms with Crippen LogP contribution >= 0.6 is 0 Å². The summed E-state index contributed by atoms with van der Waals surface area (Å²) in [6.07, 6.45) is 2.37. The highest BCUT2D eigenvalue weighted by Crippen LogP contribution is 2.31. The van der Waals surface area contributed by atoms with Crippen LogP contribution in [-0.4, -0.2) is 36.3 Å². The summed E-state index contributed by atoms with van der Waals surface area (Å²) in [6.45, 7) is 3.77. The van der Waals surface area contributed by atoms with Gasteiger partial charge in [0.05, 0.1) is 6.10 Å². The van der Waals surface area contributed by atoms with Crippen LogP contribution in [0.25, 0.3) is 0 Å². The molecule has 2 rings (SSSR count). The second kappa shape index (κ2) is 5.67. The van der Waals surface area contributed by atoms with Crippen LogP contribution in [0.4, 0.5) is 4.39 Å². The third kappa shape index (κ3) is 2.82. The van der Waals surface area contributed by atoms with Gasteiger partial charge >= 0.3 is 0 Å². The Morgan fingerprint density at radius 2 is 2.28 bits per heavy atom. The highest BCUT2D eigenvalue weighted by Gasteiger charge is 2.25. The number of piperidine rings is 1. The number of benzene rings is 1. The van der Waals surface area contributed by atoms with Gasteiger partial charge in [0.25, 0.3) is 0 Å². The molecule has 0 amide bonds. The van der Waals surface area contributed by atoms with E-state index < -0.39 is 0 Å². The van der Waals surface area contributed by atoms with E-state index in [1.807, 2.05) is 6.92 Å². The minimum Gasteiger partial charge on any atom is -0.508 e. The molecule has 1 heterocycles. The van der Waals surface area contributed by atoms with Gasteiger partial charge in [0.2, 0.25) is 0 Å². The molecule has 2 atom stereocenters. The average Bonchev–Trinajstić information content (AvgIpc) is 2.41. The molecule has 0 aliphatic carbocycles. The first-order valence-electron chi connectivity index (χ1n) is 6.37. The molecule has 1 aliphatic rings. The first-order valence-corrected chi connectivity index (χ1v) is 6.37. The van der Waals surface area contributed by atoms with Crippen molar-refractivity contribution in [3.8, 4) is 5.75 Å². The van der Waals surface area contributed by atoms with E-state index in [1.54, 1.807) is 7.11 Å². The molecule has 3 nitrogen and oxygen atoms in total. The molecule has 4 heteroatoms. The van der Waals surface area contributed by atoms with Crippen molar-refractivity contribution in [3.05, 3.63) is 29.6 Å². The first-order chi connectivity index (χ1) is 8.61. The Morgan fingerprint density at radius 1 is 1.50 bits per heavy atom. The SMILES string of the molecule is COC1CCCN(C(C)c2cc(F)ccc2O)C1. The molecule has 1 fully saturated rings. The summed E-state index contributed by atoms with van der Waals surface area (Å²) in [4.78, 5) is 2.23. The Labute approximate surface area is 107 Å². The molecule has 0 saturated carbocycles. The molecular weight excluding hydrogens is 233 g/mol. The highest BCUT2D eigenvalue weighted by atomic mass is 19.1. The number of hydrogen-bond donors (Lipinski definition) is 1. The Balaban J connectivity index is 2.14. The maximum atomic E-state index is 13.3. The van der Waals surface area contributed by atoms with Gasteiger partial charge in [-0.25, -0.2) is 4.39 Å². The van der Waals surface area contributed by atoms with Crippen molar-refractivity contribution in [1.82, 2.24) is 4.90 Å². The average molecular weight is 253 g/mol. The lowest BCUT2D eigenvalue weighted by molar-refractivity contribution is 0.0167. The fraction of sp³-hybridized carbons (Fsp3) is 0.571. The van der Waals surface area contributed by atoms with Gasteiger partial charge in [-0.2, -0.15) is 0 Å². The zero-order valence-electron chi connectivity index (χ0n) is 10.9. The van der Waals surface area contributed by atoms with E-state index >= 15 is 0 Å². The summed E-state index contributed by atoms with van der Waals surface area (Å²) >= 11 is 0. The van der Waals surface area contributed by atoms with Gasteiger partial charge in [0.15, 0.2) is 0 Å². The lowest BCUT2D eigenvalue weighted by Crippen LogP contribution is -2.40. The van der Waals surface area contributed by atoms with Crippen LogP contribution in [0.3, 0.4) is 0 Å². The van der Waals surface area contributed by atoms with E-state index in [0.717, 1.165) is 25.9 Å². The van der Waals surface area contributed by atoms with Crippen molar-refractivity contribution in [1.29, 1.82) is 0 Å². The minimum atomic E-state index is -0.310. The van der Waals surface area contributed by atoms with E-state index in [-0.39, 0.29) is 23.7 Å². The summed E-state index contributed by atoms with van der Waals surface area (Å²) in [7, 11) is 1.72. The predicted octanol–water partition coefficient (Wildman–Crippen LogP) is 2.70. The van der Waals surface area contributed by atoms with E-state index in [4.69, 9.17) is 4.74 Å². The number of hydrogen-bond acceptors (Lipinski definition) is 3. The zero-order valence-corrected chi connectivity index (χ0v) is 10.9. The topological polar surface area (TPSA) is 32.7 Å². The number of methoxy groups -OCH3 is 1. The number of nitrogens with zero attached hydrogens (tertiary/aromatic N) is 1. The van der Waals surface area contributed by atoms with Gasteiger partial charge in [-0.05, 0) is 44.5 Å². The number of likely N-dealkylation sites (tertiary alicyclic amines) is 1. The van der Waals surface area contributed by atoms with E-state index in [1.165, 1.54) is 18.2 Å². The minimum absolute atomic E-state index is 0.00125. The Hall–Kier alpha value is -1.13. The number of ether oxygens (including phenoxy) is 1. The van der Waals surface area contributed by atoms with E-state index in [2.05, 4.69) is 4.90 Å². The summed E-state index contributed by atoms with van der Waals surface area (Å²) in [6, 6.07) is 4.10. The zero-order chi connectivity index (χ0) is 13.1. The Morgan fingerprint density at radius 3 is 3.00 bits per heavy atom. The molecule has 0 bridgehead atoms. The normalized spacial score (nSPS) is 22.9. The molecule has 1 aromatic carbocycles. The smallest absolute Gasteiger partial charge is 0.123 e. The van der Waals surface area contributed by atoms with E-state index in [0.29, 0.717) is 5.56 Å². The molecule has 1 aliphatic heterocycles. The van der Waals surface area contributed by atoms with Crippen LogP contribution in [0, 0.1) is 5.82 Å². The third-order valence-corrected chi connectivity index (χ3v) is 3.73. The van der Waals surface area contributed by atoms with Crippen LogP contribution in [0.5, 0.6) is 5.75 Å². The van der Waals surface area contributed by atoms with Gasteiger partial charge in [-0.1, -0.05) is 0 Å². The van der Waals surface area contributed by atoms with Gasteiger partial charge in [0, 0.05) is 25.3 Å². The van der Waals surface area contributed by atoms with Crippen molar-refractivity contribution in [2.45, 2.75) is 31.9 Å². The van der Waals surface area contributed by atoms with Crippen molar-refractivity contribution < 1.29 is 14.2 Å². The molecule has 0 spiro atoms. The van der Waals surface area contributed by atoms with Crippen molar-refractivity contribution in [3.63, 3.8) is 0 Å². The molecule has 1 aromatic rings. The maximum Gasteiger partial charge on any atom is 0.123 e. The predicted molar refractivity (Wildman–Crippen MR) is 68.1 cm³/mol. The van der Waals surface area contributed by atoms with Gasteiger partial charge in [-0.3, -0.25) is 4.90 Å². The monoisotopic (exact) mass is 253 g/mol. The third-order valence-electron chi connectivity index (χ3n) is 3.73. The molecule has 1 N–H and O–H groups in total. The number of phenols is 1. The number of halogens is 1. The van der Waals surface area contributed by atoms with Gasteiger partial charge < -0.3 is 9.84 Å². The molecule has 1 saturated heterocycles. The van der Waals surface area contributed by atoms with Gasteiger partial charge in [-0.15, -0.1) is 0 Å². The summed E-state index contributed by atoms with van der Waals surface area (Å²) in [5, 5.41) is 9.83. The molecule has 0 radical (unpaired) electrons. The Bertz CT molecular complexity index is 411. The summed E-state index contributed by atoms with van der Waals surface area (Å²) in [5.41, 5.74) is 0.645. The van der Waals surface area contributed by atoms with Crippen LogP contribution in [-0.2, 0) is 4.74 Å². The quantitative estimate of drug-likeness (QED) is 0.899. The molecule has 18 heavy (non-hydrogen) atoms. The lowest BCUT2D eigenvalue weighted by atomic mass is 10.0. The summed E-state index contributed by atoms with van der Waals surface area (Å²) < 4.78 is 18.6. The second-order valence-corrected chi connectivity index (χ2v) is 4.87. The second-order valence-electron chi connectivity index (χ2n) is 4.87. The van der Waals surface area contributed by atoms with Crippen LogP contribution < -0.4 is 0 Å². The largest absolute Gasteiger partial charge is 0.508 e. The fourth-order valence-corrected chi connectivity index (χ4v) is 2.57. The van der Waals surface area contributed by atoms with Crippen molar-refractivity contribution >= 4 is 0 Å². The first kappa shape index (κ1) is 13.3. The fourth-order valence-electron chi connectivity index (χ4n) is 2.57. The standard InChI is InChI=1S/C14H20FNO2/c1-10(13-8-11(15)5-6-14(13)17)16-7-3-4-12(9-16)18-2/h5-6,8,10,12,17H,3-4,7,9H2,1-2H3. The maximum absolute atomic E-state index is 13.3. The lowest BCUT2D eigenvalue weighted by Gasteiger charge is -2.36. The van der Waals surface area contributed by atoms with Crippen LogP contribution in [0.15, 0.2) is 18.2 Å². The molecular formula is C14H20FNO2. The van der Waals surface area contributed by atoms with Crippen LogP contribution in [0.1, 0.15) is 31.4 Å². The Kier molecular flexibility index (Phi) is 4.19.